The molecule has 3 fully saturated rings. The molecule has 3 aliphatic rings. The van der Waals surface area contributed by atoms with Gasteiger partial charge in [-0.25, -0.2) is 8.42 Å². The van der Waals surface area contributed by atoms with Gasteiger partial charge in [-0.1, -0.05) is 6.92 Å². The van der Waals surface area contributed by atoms with Crippen molar-refractivity contribution in [3.05, 3.63) is 29.3 Å². The number of benzene rings is 1. The Labute approximate surface area is 150 Å². The summed E-state index contributed by atoms with van der Waals surface area (Å²) in [4.78, 5) is 0. The highest BCUT2D eigenvalue weighted by molar-refractivity contribution is 7.93. The first kappa shape index (κ1) is 17.7. The van der Waals surface area contributed by atoms with E-state index >= 15 is 0 Å². The third kappa shape index (κ3) is 2.29. The van der Waals surface area contributed by atoms with Crippen LogP contribution in [0.1, 0.15) is 43.7 Å². The Morgan fingerprint density at radius 1 is 1.27 bits per heavy atom. The second-order valence-electron chi connectivity index (χ2n) is 7.53. The fourth-order valence-electron chi connectivity index (χ4n) is 5.51. The Morgan fingerprint density at radius 2 is 1.96 bits per heavy atom. The zero-order chi connectivity index (χ0) is 18.9. The summed E-state index contributed by atoms with van der Waals surface area (Å²) in [6, 6.07) is 4.46. The molecule has 1 aliphatic heterocycles. The molecule has 26 heavy (non-hydrogen) atoms. The molecule has 2 saturated carbocycles. The molecule has 0 spiro atoms. The first-order valence-corrected chi connectivity index (χ1v) is 10.3. The molecule has 1 aromatic rings. The van der Waals surface area contributed by atoms with Crippen LogP contribution < -0.4 is 4.31 Å². The van der Waals surface area contributed by atoms with Gasteiger partial charge in [0.1, 0.15) is 0 Å². The van der Waals surface area contributed by atoms with Crippen molar-refractivity contribution in [2.45, 2.75) is 50.1 Å². The molecule has 8 heteroatoms. The standard InChI is InChI=1S/C18H19F3N2O2S/c1-2-15-16-10-3-4-11(7-10)17(16)26(24,25)23(15)13-6-5-12(9-22)14(8-13)18(19,20)21/h5-6,8,10-11,15-17H,2-4,7H2,1H3/t10-,11+,15?,16+,17+/m0/s1. The Hall–Kier alpha value is -1.75. The molecule has 5 atom stereocenters. The highest BCUT2D eigenvalue weighted by Crippen LogP contribution is 2.58. The molecule has 140 valence electrons. The van der Waals surface area contributed by atoms with Gasteiger partial charge in [-0.15, -0.1) is 0 Å². The van der Waals surface area contributed by atoms with Crippen LogP contribution in [0.3, 0.4) is 0 Å². The van der Waals surface area contributed by atoms with Crippen molar-refractivity contribution in [3.63, 3.8) is 0 Å². The quantitative estimate of drug-likeness (QED) is 0.776. The normalized spacial score (nSPS) is 34.7. The van der Waals surface area contributed by atoms with Gasteiger partial charge in [-0.05, 0) is 55.7 Å². The Kier molecular flexibility index (Phi) is 3.82. The zero-order valence-corrected chi connectivity index (χ0v) is 15.0. The van der Waals surface area contributed by atoms with Gasteiger partial charge in [0.15, 0.2) is 0 Å². The first-order valence-electron chi connectivity index (χ1n) is 8.84. The third-order valence-electron chi connectivity index (χ3n) is 6.37. The van der Waals surface area contributed by atoms with Gasteiger partial charge in [-0.3, -0.25) is 4.31 Å². The summed E-state index contributed by atoms with van der Waals surface area (Å²) in [6.45, 7) is 1.88. The number of alkyl halides is 3. The number of hydrogen-bond acceptors (Lipinski definition) is 3. The molecule has 0 amide bonds. The number of fused-ring (bicyclic) bond motifs is 5. The lowest BCUT2D eigenvalue weighted by Gasteiger charge is -2.29. The number of nitriles is 1. The minimum atomic E-state index is -4.71. The number of halogens is 3. The highest BCUT2D eigenvalue weighted by Gasteiger charge is 2.63. The summed E-state index contributed by atoms with van der Waals surface area (Å²) in [6.07, 6.45) is -1.34. The van der Waals surface area contributed by atoms with E-state index in [1.807, 2.05) is 6.92 Å². The van der Waals surface area contributed by atoms with Crippen molar-refractivity contribution in [2.24, 2.45) is 17.8 Å². The van der Waals surface area contributed by atoms with Gasteiger partial charge in [0, 0.05) is 12.0 Å². The SMILES string of the molecule is CCC1[C@H]2[C@H]3CC[C@H](C3)[C@H]2S(=O)(=O)N1c1ccc(C#N)c(C(F)(F)F)c1. The van der Waals surface area contributed by atoms with E-state index in [9.17, 15) is 21.6 Å². The smallest absolute Gasteiger partial charge is 0.267 e. The fraction of sp³-hybridized carbons (Fsp3) is 0.611. The summed E-state index contributed by atoms with van der Waals surface area (Å²) in [5, 5.41) is 8.49. The molecule has 2 aliphatic carbocycles. The second-order valence-corrected chi connectivity index (χ2v) is 9.50. The topological polar surface area (TPSA) is 61.2 Å². The van der Waals surface area contributed by atoms with Gasteiger partial charge in [-0.2, -0.15) is 18.4 Å². The average Bonchev–Trinajstić information content (AvgIpc) is 3.24. The molecule has 4 rings (SSSR count). The zero-order valence-electron chi connectivity index (χ0n) is 14.2. The van der Waals surface area contributed by atoms with Crippen LogP contribution >= 0.6 is 0 Å². The van der Waals surface area contributed by atoms with E-state index in [4.69, 9.17) is 5.26 Å². The number of rotatable bonds is 2. The molecule has 0 N–H and O–H groups in total. The van der Waals surface area contributed by atoms with Crippen molar-refractivity contribution in [1.29, 1.82) is 5.26 Å². The molecular formula is C18H19F3N2O2S. The first-order chi connectivity index (χ1) is 12.2. The van der Waals surface area contributed by atoms with Crippen LogP contribution in [0.15, 0.2) is 18.2 Å². The van der Waals surface area contributed by atoms with Crippen molar-refractivity contribution in [1.82, 2.24) is 0 Å². The van der Waals surface area contributed by atoms with Crippen molar-refractivity contribution < 1.29 is 21.6 Å². The van der Waals surface area contributed by atoms with E-state index in [0.717, 1.165) is 31.4 Å². The van der Waals surface area contributed by atoms with Gasteiger partial charge in [0.05, 0.1) is 28.1 Å². The van der Waals surface area contributed by atoms with Gasteiger partial charge >= 0.3 is 6.18 Å². The predicted octanol–water partition coefficient (Wildman–Crippen LogP) is 3.92. The third-order valence-corrected chi connectivity index (χ3v) is 8.78. The Morgan fingerprint density at radius 3 is 2.58 bits per heavy atom. The van der Waals surface area contributed by atoms with Crippen LogP contribution in [-0.2, 0) is 16.2 Å². The van der Waals surface area contributed by atoms with Crippen molar-refractivity contribution >= 4 is 15.7 Å². The maximum absolute atomic E-state index is 13.3. The van der Waals surface area contributed by atoms with Crippen molar-refractivity contribution in [2.75, 3.05) is 4.31 Å². The van der Waals surface area contributed by atoms with Crippen molar-refractivity contribution in [3.8, 4) is 6.07 Å². The summed E-state index contributed by atoms with van der Waals surface area (Å²) >= 11 is 0. The summed E-state index contributed by atoms with van der Waals surface area (Å²) < 4.78 is 67.6. The molecule has 0 radical (unpaired) electrons. The Balaban J connectivity index is 1.84. The summed E-state index contributed by atoms with van der Waals surface area (Å²) in [5.74, 6) is 0.457. The molecule has 1 aromatic carbocycles. The van der Waals surface area contributed by atoms with Crippen LogP contribution in [0.2, 0.25) is 0 Å². The maximum Gasteiger partial charge on any atom is 0.417 e. The van der Waals surface area contributed by atoms with Crippen LogP contribution in [0.4, 0.5) is 18.9 Å². The predicted molar refractivity (Wildman–Crippen MR) is 89.7 cm³/mol. The number of sulfonamides is 1. The largest absolute Gasteiger partial charge is 0.417 e. The summed E-state index contributed by atoms with van der Waals surface area (Å²) in [5.41, 5.74) is -1.55. The molecule has 4 nitrogen and oxygen atoms in total. The average molecular weight is 384 g/mol. The van der Waals surface area contributed by atoms with Crippen LogP contribution in [0, 0.1) is 29.1 Å². The lowest BCUT2D eigenvalue weighted by atomic mass is 9.82. The van der Waals surface area contributed by atoms with Gasteiger partial charge < -0.3 is 0 Å². The summed E-state index contributed by atoms with van der Waals surface area (Å²) in [7, 11) is -3.71. The maximum atomic E-state index is 13.3. The molecule has 1 heterocycles. The highest BCUT2D eigenvalue weighted by atomic mass is 32.2. The lowest BCUT2D eigenvalue weighted by Crippen LogP contribution is -2.36. The molecule has 1 unspecified atom stereocenters. The monoisotopic (exact) mass is 384 g/mol. The van der Waals surface area contributed by atoms with Crippen LogP contribution in [-0.4, -0.2) is 19.7 Å². The van der Waals surface area contributed by atoms with Gasteiger partial charge in [0.2, 0.25) is 10.0 Å². The minimum absolute atomic E-state index is 0.00581. The second kappa shape index (κ2) is 5.62. The Bertz CT molecular complexity index is 891. The van der Waals surface area contributed by atoms with Crippen LogP contribution in [0.5, 0.6) is 0 Å². The van der Waals surface area contributed by atoms with E-state index in [1.165, 1.54) is 10.4 Å². The van der Waals surface area contributed by atoms with E-state index in [1.54, 1.807) is 6.07 Å². The fourth-order valence-corrected chi connectivity index (χ4v) is 8.38. The van der Waals surface area contributed by atoms with E-state index in [0.29, 0.717) is 12.3 Å². The number of nitrogens with zero attached hydrogens (tertiary/aromatic N) is 2. The lowest BCUT2D eigenvalue weighted by molar-refractivity contribution is -0.137. The van der Waals surface area contributed by atoms with E-state index in [2.05, 4.69) is 0 Å². The molecule has 0 aromatic heterocycles. The van der Waals surface area contributed by atoms with E-state index < -0.39 is 32.6 Å². The van der Waals surface area contributed by atoms with E-state index in [-0.39, 0.29) is 23.6 Å². The molecule has 1 saturated heterocycles. The number of hydrogen-bond donors (Lipinski definition) is 0. The number of anilines is 1. The molecule has 2 bridgehead atoms. The van der Waals surface area contributed by atoms with Gasteiger partial charge in [0.25, 0.3) is 0 Å². The molecular weight excluding hydrogens is 365 g/mol. The van der Waals surface area contributed by atoms with Crippen LogP contribution in [0.25, 0.3) is 0 Å². The minimum Gasteiger partial charge on any atom is -0.267 e.